The number of benzene rings is 1. The quantitative estimate of drug-likeness (QED) is 0.357. The van der Waals surface area contributed by atoms with Crippen LogP contribution in [-0.4, -0.2) is 50.9 Å². The van der Waals surface area contributed by atoms with E-state index in [1.807, 2.05) is 28.8 Å². The van der Waals surface area contributed by atoms with Crippen molar-refractivity contribution in [2.24, 2.45) is 11.8 Å². The van der Waals surface area contributed by atoms with Crippen LogP contribution in [0.4, 0.5) is 0 Å². The molecule has 0 radical (unpaired) electrons. The smallest absolute Gasteiger partial charge is 0.306 e. The van der Waals surface area contributed by atoms with Crippen molar-refractivity contribution in [3.05, 3.63) is 40.3 Å². The van der Waals surface area contributed by atoms with Gasteiger partial charge in [0.15, 0.2) is 11.5 Å². The van der Waals surface area contributed by atoms with Crippen molar-refractivity contribution in [3.8, 4) is 0 Å². The number of piperidine rings is 1. The van der Waals surface area contributed by atoms with E-state index < -0.39 is 5.97 Å². The maximum atomic E-state index is 13.8. The van der Waals surface area contributed by atoms with Gasteiger partial charge >= 0.3 is 5.97 Å². The monoisotopic (exact) mass is 519 g/mol. The first kappa shape index (κ1) is 25.7. The highest BCUT2D eigenvalue weighted by Crippen LogP contribution is 2.47. The van der Waals surface area contributed by atoms with Crippen LogP contribution in [0.2, 0.25) is 0 Å². The zero-order valence-electron chi connectivity index (χ0n) is 22.6. The first-order chi connectivity index (χ1) is 18.5. The number of carbonyl (C=O) groups is 2. The van der Waals surface area contributed by atoms with Crippen molar-refractivity contribution in [2.45, 2.75) is 115 Å². The number of esters is 1. The Hall–Kier alpha value is -2.54. The van der Waals surface area contributed by atoms with Gasteiger partial charge in [0.25, 0.3) is 5.56 Å². The second-order valence-electron chi connectivity index (χ2n) is 12.2. The Balaban J connectivity index is 1.26. The van der Waals surface area contributed by atoms with Crippen molar-refractivity contribution in [2.75, 3.05) is 6.61 Å². The molecule has 2 saturated heterocycles. The highest BCUT2D eigenvalue weighted by molar-refractivity contribution is 5.97. The maximum Gasteiger partial charge on any atom is 0.306 e. The van der Waals surface area contributed by atoms with Crippen LogP contribution in [0.15, 0.2) is 29.1 Å². The summed E-state index contributed by atoms with van der Waals surface area (Å²) in [6.07, 6.45) is 14.0. The van der Waals surface area contributed by atoms with E-state index in [0.717, 1.165) is 30.2 Å². The second kappa shape index (κ2) is 10.9. The van der Waals surface area contributed by atoms with Gasteiger partial charge in [-0.3, -0.25) is 19.3 Å². The van der Waals surface area contributed by atoms with Crippen LogP contribution in [-0.2, 0) is 9.53 Å². The summed E-state index contributed by atoms with van der Waals surface area (Å²) in [4.78, 5) is 46.1. The number of nitrogens with zero attached hydrogens (tertiary/aromatic N) is 3. The van der Waals surface area contributed by atoms with Gasteiger partial charge in [0.05, 0.1) is 24.1 Å². The van der Waals surface area contributed by atoms with Gasteiger partial charge in [0.1, 0.15) is 0 Å². The molecule has 2 aromatic rings. The summed E-state index contributed by atoms with van der Waals surface area (Å²) in [5.41, 5.74) is 1.12. The molecule has 38 heavy (non-hydrogen) atoms. The number of carbonyl (C=O) groups excluding carboxylic acids is 2. The molecule has 2 aliphatic heterocycles. The molecule has 3 heterocycles. The zero-order chi connectivity index (χ0) is 26.2. The molecule has 4 bridgehead atoms. The summed E-state index contributed by atoms with van der Waals surface area (Å²) in [5.74, 6) is 0.989. The molecule has 0 spiro atoms. The zero-order valence-corrected chi connectivity index (χ0v) is 22.6. The predicted octanol–water partition coefficient (Wildman–Crippen LogP) is 5.45. The lowest BCUT2D eigenvalue weighted by atomic mass is 9.76. The number of para-hydroxylation sites is 2. The number of hydrogen-bond donors (Lipinski definition) is 0. The van der Waals surface area contributed by atoms with Gasteiger partial charge in [0, 0.05) is 30.6 Å². The van der Waals surface area contributed by atoms with Gasteiger partial charge in [-0.2, -0.15) is 0 Å². The second-order valence-corrected chi connectivity index (χ2v) is 12.2. The first-order valence-corrected chi connectivity index (χ1v) is 15.0. The molecule has 7 heteroatoms. The largest absolute Gasteiger partial charge is 0.466 e. The molecule has 1 aromatic carbocycles. The minimum atomic E-state index is -0.423. The van der Waals surface area contributed by atoms with Crippen molar-refractivity contribution >= 4 is 22.8 Å². The lowest BCUT2D eigenvalue weighted by Crippen LogP contribution is -2.52. The lowest BCUT2D eigenvalue weighted by Gasteiger charge is -2.48. The van der Waals surface area contributed by atoms with E-state index in [9.17, 15) is 14.4 Å². The van der Waals surface area contributed by atoms with E-state index in [2.05, 4.69) is 9.88 Å². The van der Waals surface area contributed by atoms with Crippen molar-refractivity contribution in [1.29, 1.82) is 0 Å². The standard InChI is InChI=1S/C31H41N3O4/c1-2-38-29(36)14-13-28(35)30-31(37)34(27-10-6-5-9-26(27)32-30)25-18-22-11-12-23(19-25)33(22)24-16-20-7-3-4-8-21(15-20)17-24/h5-6,9-10,20-25H,2-4,7-8,11-19H2,1H3. The minimum Gasteiger partial charge on any atom is -0.466 e. The Labute approximate surface area is 224 Å². The van der Waals surface area contributed by atoms with Crippen LogP contribution >= 0.6 is 0 Å². The van der Waals surface area contributed by atoms with E-state index >= 15 is 0 Å². The number of rotatable bonds is 7. The van der Waals surface area contributed by atoms with Gasteiger partial charge in [-0.15, -0.1) is 0 Å². The van der Waals surface area contributed by atoms with E-state index in [1.165, 1.54) is 57.8 Å². The summed E-state index contributed by atoms with van der Waals surface area (Å²) in [6.45, 7) is 2.01. The van der Waals surface area contributed by atoms with Crippen LogP contribution in [0, 0.1) is 11.8 Å². The predicted molar refractivity (Wildman–Crippen MR) is 146 cm³/mol. The third-order valence-corrected chi connectivity index (χ3v) is 9.82. The van der Waals surface area contributed by atoms with Crippen LogP contribution in [0.5, 0.6) is 0 Å². The van der Waals surface area contributed by atoms with Crippen LogP contribution in [0.1, 0.15) is 107 Å². The Bertz CT molecular complexity index is 1230. The molecule has 2 saturated carbocycles. The summed E-state index contributed by atoms with van der Waals surface area (Å²) in [7, 11) is 0. The summed E-state index contributed by atoms with van der Waals surface area (Å²) in [6, 6.07) is 9.43. The average Bonchev–Trinajstić information content (AvgIpc) is 3.06. The van der Waals surface area contributed by atoms with E-state index in [4.69, 9.17) is 4.74 Å². The molecular formula is C31H41N3O4. The van der Waals surface area contributed by atoms with Gasteiger partial charge < -0.3 is 9.30 Å². The van der Waals surface area contributed by atoms with Gasteiger partial charge in [-0.25, -0.2) is 4.98 Å². The van der Waals surface area contributed by atoms with Crippen molar-refractivity contribution < 1.29 is 14.3 Å². The molecule has 6 rings (SSSR count). The average molecular weight is 520 g/mol. The number of Topliss-reactive ketones (excluding diaryl/α,β-unsaturated/α-hetero) is 1. The number of aromatic nitrogens is 2. The third-order valence-electron chi connectivity index (χ3n) is 9.82. The summed E-state index contributed by atoms with van der Waals surface area (Å²) >= 11 is 0. The maximum absolute atomic E-state index is 13.8. The Morgan fingerprint density at radius 3 is 2.24 bits per heavy atom. The van der Waals surface area contributed by atoms with Crippen LogP contribution in [0.25, 0.3) is 11.0 Å². The highest BCUT2D eigenvalue weighted by Gasteiger charge is 2.47. The normalized spacial score (nSPS) is 31.2. The minimum absolute atomic E-state index is 0.0352. The highest BCUT2D eigenvalue weighted by atomic mass is 16.5. The number of hydrogen-bond acceptors (Lipinski definition) is 6. The Morgan fingerprint density at radius 1 is 0.868 bits per heavy atom. The number of ether oxygens (including phenoxy) is 1. The molecule has 1 aromatic heterocycles. The molecule has 0 N–H and O–H groups in total. The molecule has 4 fully saturated rings. The van der Waals surface area contributed by atoms with Crippen LogP contribution < -0.4 is 5.56 Å². The molecule has 2 aliphatic carbocycles. The molecule has 4 atom stereocenters. The SMILES string of the molecule is CCOC(=O)CCC(=O)c1nc2ccccc2n(C2CC3CCC(C2)N3C2CC3CCCCC(C3)C2)c1=O. The number of ketones is 1. The fourth-order valence-electron chi connectivity index (χ4n) is 8.37. The number of fused-ring (bicyclic) bond motifs is 5. The first-order valence-electron chi connectivity index (χ1n) is 15.0. The van der Waals surface area contributed by atoms with E-state index in [1.54, 1.807) is 6.92 Å². The molecule has 204 valence electrons. The van der Waals surface area contributed by atoms with Gasteiger partial charge in [0.2, 0.25) is 0 Å². The molecule has 0 amide bonds. The van der Waals surface area contributed by atoms with E-state index in [0.29, 0.717) is 23.6 Å². The van der Waals surface area contributed by atoms with Crippen LogP contribution in [0.3, 0.4) is 0 Å². The fraction of sp³-hybridized carbons (Fsp3) is 0.677. The van der Waals surface area contributed by atoms with Crippen molar-refractivity contribution in [1.82, 2.24) is 14.5 Å². The van der Waals surface area contributed by atoms with Crippen molar-refractivity contribution in [3.63, 3.8) is 0 Å². The summed E-state index contributed by atoms with van der Waals surface area (Å²) in [5, 5.41) is 0. The van der Waals surface area contributed by atoms with E-state index in [-0.39, 0.29) is 42.5 Å². The molecule has 4 aliphatic rings. The topological polar surface area (TPSA) is 81.5 Å². The Morgan fingerprint density at radius 2 is 1.55 bits per heavy atom. The van der Waals surface area contributed by atoms with Gasteiger partial charge in [-0.05, 0) is 75.8 Å². The molecule has 7 nitrogen and oxygen atoms in total. The Kier molecular flexibility index (Phi) is 7.39. The summed E-state index contributed by atoms with van der Waals surface area (Å²) < 4.78 is 6.85. The lowest BCUT2D eigenvalue weighted by molar-refractivity contribution is -0.143. The third kappa shape index (κ3) is 4.94. The fourth-order valence-corrected chi connectivity index (χ4v) is 8.37. The van der Waals surface area contributed by atoms with Gasteiger partial charge in [-0.1, -0.05) is 37.8 Å². The molecular weight excluding hydrogens is 478 g/mol. The molecule has 4 unspecified atom stereocenters.